The van der Waals surface area contributed by atoms with E-state index in [1.54, 1.807) is 32.2 Å². The number of anilines is 1. The zero-order valence-electron chi connectivity index (χ0n) is 13.3. The fourth-order valence-corrected chi connectivity index (χ4v) is 2.14. The number of aryl methyl sites for hydroxylation is 1. The van der Waals surface area contributed by atoms with Crippen LogP contribution in [0.5, 0.6) is 5.75 Å². The van der Waals surface area contributed by atoms with Gasteiger partial charge >= 0.3 is 5.97 Å². The van der Waals surface area contributed by atoms with Crippen molar-refractivity contribution in [3.05, 3.63) is 59.7 Å². The number of rotatable bonds is 4. The van der Waals surface area contributed by atoms with Crippen LogP contribution >= 0.6 is 0 Å². The fourth-order valence-electron chi connectivity index (χ4n) is 2.14. The number of para-hydroxylation sites is 1. The number of ether oxygens (including phenoxy) is 1. The molecule has 0 radical (unpaired) electrons. The molecule has 2 aromatic carbocycles. The number of nitrogens with zero attached hydrogens (tertiary/aromatic N) is 1. The summed E-state index contributed by atoms with van der Waals surface area (Å²) in [6.07, 6.45) is -0.964. The quantitative estimate of drug-likeness (QED) is 0.881. The zero-order chi connectivity index (χ0) is 17.0. The maximum absolute atomic E-state index is 12.3. The molecule has 0 aliphatic heterocycles. The Bertz CT molecular complexity index is 712. The van der Waals surface area contributed by atoms with E-state index < -0.39 is 12.1 Å². The highest BCUT2D eigenvalue weighted by Crippen LogP contribution is 2.20. The van der Waals surface area contributed by atoms with Gasteiger partial charge in [-0.05, 0) is 43.7 Å². The van der Waals surface area contributed by atoms with Crippen molar-refractivity contribution in [3.63, 3.8) is 0 Å². The minimum absolute atomic E-state index is 0.0395. The van der Waals surface area contributed by atoms with E-state index in [1.807, 2.05) is 18.2 Å². The van der Waals surface area contributed by atoms with E-state index in [-0.39, 0.29) is 17.2 Å². The highest BCUT2D eigenvalue weighted by atomic mass is 16.5. The van der Waals surface area contributed by atoms with Gasteiger partial charge in [-0.25, -0.2) is 4.79 Å². The highest BCUT2D eigenvalue weighted by molar-refractivity contribution is 5.99. The zero-order valence-corrected chi connectivity index (χ0v) is 13.3. The number of carbonyl (C=O) groups excluding carboxylic acids is 2. The van der Waals surface area contributed by atoms with Gasteiger partial charge in [0.25, 0.3) is 5.91 Å². The molecular formula is C18H19NO4. The molecule has 1 atom stereocenters. The van der Waals surface area contributed by atoms with Crippen LogP contribution in [0.4, 0.5) is 5.69 Å². The fraction of sp³-hybridized carbons (Fsp3) is 0.222. The Labute approximate surface area is 135 Å². The molecule has 23 heavy (non-hydrogen) atoms. The van der Waals surface area contributed by atoms with Crippen LogP contribution in [0.15, 0.2) is 48.5 Å². The third-order valence-corrected chi connectivity index (χ3v) is 3.48. The Morgan fingerprint density at radius 1 is 1.13 bits per heavy atom. The average molecular weight is 313 g/mol. The van der Waals surface area contributed by atoms with Gasteiger partial charge in [0.1, 0.15) is 11.3 Å². The van der Waals surface area contributed by atoms with Gasteiger partial charge in [0.2, 0.25) is 0 Å². The molecule has 5 heteroatoms. The summed E-state index contributed by atoms with van der Waals surface area (Å²) < 4.78 is 5.17. The number of likely N-dealkylation sites (N-methyl/N-ethyl adjacent to an activating group) is 1. The molecule has 0 bridgehead atoms. The molecule has 0 saturated carbocycles. The van der Waals surface area contributed by atoms with Gasteiger partial charge in [-0.2, -0.15) is 0 Å². The monoisotopic (exact) mass is 313 g/mol. The van der Waals surface area contributed by atoms with Gasteiger partial charge in [-0.1, -0.05) is 24.3 Å². The Morgan fingerprint density at radius 2 is 1.78 bits per heavy atom. The van der Waals surface area contributed by atoms with Crippen molar-refractivity contribution in [2.45, 2.75) is 20.0 Å². The number of aromatic hydroxyl groups is 1. The first-order valence-electron chi connectivity index (χ1n) is 7.23. The highest BCUT2D eigenvalue weighted by Gasteiger charge is 2.24. The van der Waals surface area contributed by atoms with E-state index in [4.69, 9.17) is 4.74 Å². The van der Waals surface area contributed by atoms with Crippen molar-refractivity contribution in [1.29, 1.82) is 0 Å². The summed E-state index contributed by atoms with van der Waals surface area (Å²) >= 11 is 0. The van der Waals surface area contributed by atoms with E-state index in [1.165, 1.54) is 24.0 Å². The van der Waals surface area contributed by atoms with Crippen LogP contribution in [0.3, 0.4) is 0 Å². The van der Waals surface area contributed by atoms with Crippen molar-refractivity contribution in [3.8, 4) is 5.75 Å². The second kappa shape index (κ2) is 6.96. The lowest BCUT2D eigenvalue weighted by Gasteiger charge is -2.21. The second-order valence-corrected chi connectivity index (χ2v) is 5.30. The summed E-state index contributed by atoms with van der Waals surface area (Å²) in [6.45, 7) is 3.31. The van der Waals surface area contributed by atoms with Crippen LogP contribution in [0, 0.1) is 6.92 Å². The minimum atomic E-state index is -0.964. The number of phenolic OH excluding ortho intramolecular Hbond substituents is 1. The van der Waals surface area contributed by atoms with Crippen molar-refractivity contribution < 1.29 is 19.4 Å². The average Bonchev–Trinajstić information content (AvgIpc) is 2.54. The second-order valence-electron chi connectivity index (χ2n) is 5.30. The molecule has 2 aromatic rings. The van der Waals surface area contributed by atoms with Gasteiger partial charge in [-0.3, -0.25) is 4.79 Å². The molecule has 1 unspecified atom stereocenters. The van der Waals surface area contributed by atoms with E-state index in [0.717, 1.165) is 5.56 Å². The third-order valence-electron chi connectivity index (χ3n) is 3.48. The summed E-state index contributed by atoms with van der Waals surface area (Å²) in [6, 6.07) is 13.7. The van der Waals surface area contributed by atoms with Crippen LogP contribution < -0.4 is 4.90 Å². The Balaban J connectivity index is 2.07. The molecule has 0 heterocycles. The van der Waals surface area contributed by atoms with Crippen molar-refractivity contribution >= 4 is 17.6 Å². The first-order chi connectivity index (χ1) is 10.9. The lowest BCUT2D eigenvalue weighted by Crippen LogP contribution is -2.37. The Kier molecular flexibility index (Phi) is 5.01. The standard InChI is InChI=1S/C18H19NO4/c1-12-9-10-15(16(20)11-12)18(22)23-13(2)17(21)19(3)14-7-5-4-6-8-14/h4-11,13,20H,1-3H3. The topological polar surface area (TPSA) is 66.8 Å². The summed E-state index contributed by atoms with van der Waals surface area (Å²) in [7, 11) is 1.62. The molecule has 0 aliphatic rings. The van der Waals surface area contributed by atoms with E-state index >= 15 is 0 Å². The number of phenols is 1. The normalized spacial score (nSPS) is 11.6. The van der Waals surface area contributed by atoms with E-state index in [0.29, 0.717) is 5.69 Å². The number of hydrogen-bond donors (Lipinski definition) is 1. The van der Waals surface area contributed by atoms with Gasteiger partial charge in [0, 0.05) is 12.7 Å². The van der Waals surface area contributed by atoms with Crippen molar-refractivity contribution in [1.82, 2.24) is 0 Å². The lowest BCUT2D eigenvalue weighted by molar-refractivity contribution is -0.126. The summed E-state index contributed by atoms with van der Waals surface area (Å²) in [5, 5.41) is 9.80. The van der Waals surface area contributed by atoms with Crippen LogP contribution in [-0.4, -0.2) is 30.1 Å². The largest absolute Gasteiger partial charge is 0.507 e. The van der Waals surface area contributed by atoms with E-state index in [9.17, 15) is 14.7 Å². The Hall–Kier alpha value is -2.82. The summed E-state index contributed by atoms with van der Waals surface area (Å²) in [5.74, 6) is -1.24. The smallest absolute Gasteiger partial charge is 0.342 e. The summed E-state index contributed by atoms with van der Waals surface area (Å²) in [4.78, 5) is 25.9. The molecule has 0 spiro atoms. The number of hydrogen-bond acceptors (Lipinski definition) is 4. The van der Waals surface area contributed by atoms with Crippen LogP contribution in [0.25, 0.3) is 0 Å². The third kappa shape index (κ3) is 3.88. The predicted octanol–water partition coefficient (Wildman–Crippen LogP) is 2.91. The SMILES string of the molecule is Cc1ccc(C(=O)OC(C)C(=O)N(C)c2ccccc2)c(O)c1. The molecule has 1 amide bonds. The number of benzene rings is 2. The molecule has 120 valence electrons. The van der Waals surface area contributed by atoms with Gasteiger partial charge < -0.3 is 14.7 Å². The van der Waals surface area contributed by atoms with E-state index in [2.05, 4.69) is 0 Å². The van der Waals surface area contributed by atoms with Crippen molar-refractivity contribution in [2.24, 2.45) is 0 Å². The molecule has 0 saturated heterocycles. The van der Waals surface area contributed by atoms with Crippen LogP contribution in [-0.2, 0) is 9.53 Å². The van der Waals surface area contributed by atoms with Crippen molar-refractivity contribution in [2.75, 3.05) is 11.9 Å². The van der Waals surface area contributed by atoms with Crippen LogP contribution in [0.1, 0.15) is 22.8 Å². The molecule has 0 aliphatic carbocycles. The molecule has 0 aromatic heterocycles. The Morgan fingerprint density at radius 3 is 2.39 bits per heavy atom. The number of amides is 1. The number of esters is 1. The molecule has 2 rings (SSSR count). The number of carbonyl (C=O) groups is 2. The molecule has 0 fully saturated rings. The maximum Gasteiger partial charge on any atom is 0.342 e. The summed E-state index contributed by atoms with van der Waals surface area (Å²) in [5.41, 5.74) is 1.57. The molecular weight excluding hydrogens is 294 g/mol. The first-order valence-corrected chi connectivity index (χ1v) is 7.23. The van der Waals surface area contributed by atoms with Gasteiger partial charge in [0.15, 0.2) is 6.10 Å². The van der Waals surface area contributed by atoms with Gasteiger partial charge in [-0.15, -0.1) is 0 Å². The molecule has 1 N–H and O–H groups in total. The minimum Gasteiger partial charge on any atom is -0.507 e. The molecule has 5 nitrogen and oxygen atoms in total. The van der Waals surface area contributed by atoms with Gasteiger partial charge in [0.05, 0.1) is 0 Å². The first kappa shape index (κ1) is 16.5. The maximum atomic E-state index is 12.3. The van der Waals surface area contributed by atoms with Crippen LogP contribution in [0.2, 0.25) is 0 Å². The lowest BCUT2D eigenvalue weighted by atomic mass is 10.1. The predicted molar refractivity (Wildman–Crippen MR) is 87.6 cm³/mol.